The van der Waals surface area contributed by atoms with E-state index in [2.05, 4.69) is 0 Å². The van der Waals surface area contributed by atoms with E-state index in [9.17, 15) is 14.7 Å². The third-order valence-corrected chi connectivity index (χ3v) is 5.37. The molecule has 2 aromatic carbocycles. The van der Waals surface area contributed by atoms with E-state index in [4.69, 9.17) is 13.9 Å². The second-order valence-electron chi connectivity index (χ2n) is 7.29. The molecule has 1 fully saturated rings. The Morgan fingerprint density at radius 1 is 1.09 bits per heavy atom. The van der Waals surface area contributed by atoms with Crippen LogP contribution in [0.4, 0.5) is 5.69 Å². The minimum atomic E-state index is -0.913. The Balaban J connectivity index is 1.86. The van der Waals surface area contributed by atoms with Crippen molar-refractivity contribution in [2.75, 3.05) is 18.6 Å². The smallest absolute Gasteiger partial charge is 0.300 e. The quantitative estimate of drug-likeness (QED) is 0.347. The van der Waals surface area contributed by atoms with Crippen LogP contribution in [0.3, 0.4) is 0 Å². The second-order valence-corrected chi connectivity index (χ2v) is 7.29. The third-order valence-electron chi connectivity index (χ3n) is 5.37. The van der Waals surface area contributed by atoms with Crippen LogP contribution in [0.2, 0.25) is 0 Å². The summed E-state index contributed by atoms with van der Waals surface area (Å²) in [6.07, 6.45) is 1.46. The summed E-state index contributed by atoms with van der Waals surface area (Å²) in [5.41, 5.74) is 1.59. The van der Waals surface area contributed by atoms with E-state index < -0.39 is 17.7 Å². The van der Waals surface area contributed by atoms with Gasteiger partial charge in [0.25, 0.3) is 11.7 Å². The first-order valence-corrected chi connectivity index (χ1v) is 10.2. The summed E-state index contributed by atoms with van der Waals surface area (Å²) in [5, 5.41) is 11.2. The molecule has 1 aliphatic rings. The summed E-state index contributed by atoms with van der Waals surface area (Å²) in [5.74, 6) is -0.159. The highest BCUT2D eigenvalue weighted by molar-refractivity contribution is 6.51. The Morgan fingerprint density at radius 3 is 2.41 bits per heavy atom. The Bertz CT molecular complexity index is 1180. The molecule has 4 rings (SSSR count). The van der Waals surface area contributed by atoms with Crippen molar-refractivity contribution >= 4 is 23.1 Å². The van der Waals surface area contributed by atoms with Crippen molar-refractivity contribution in [3.63, 3.8) is 0 Å². The minimum absolute atomic E-state index is 0.0351. The van der Waals surface area contributed by atoms with Gasteiger partial charge in [0.05, 0.1) is 25.6 Å². The van der Waals surface area contributed by atoms with Gasteiger partial charge in [0.1, 0.15) is 29.1 Å². The molecule has 32 heavy (non-hydrogen) atoms. The number of furan rings is 1. The van der Waals surface area contributed by atoms with Crippen molar-refractivity contribution in [2.45, 2.75) is 19.9 Å². The topological polar surface area (TPSA) is 89.2 Å². The number of rotatable bonds is 6. The first kappa shape index (κ1) is 21.2. The van der Waals surface area contributed by atoms with Crippen molar-refractivity contribution in [1.29, 1.82) is 0 Å². The molecule has 7 heteroatoms. The maximum Gasteiger partial charge on any atom is 0.300 e. The monoisotopic (exact) mass is 433 g/mol. The van der Waals surface area contributed by atoms with Gasteiger partial charge in [0, 0.05) is 11.3 Å². The van der Waals surface area contributed by atoms with Gasteiger partial charge in [0.15, 0.2) is 0 Å². The summed E-state index contributed by atoms with van der Waals surface area (Å²) >= 11 is 0. The van der Waals surface area contributed by atoms with Crippen molar-refractivity contribution in [3.05, 3.63) is 83.3 Å². The van der Waals surface area contributed by atoms with Gasteiger partial charge in [-0.25, -0.2) is 0 Å². The second kappa shape index (κ2) is 8.63. The molecule has 0 spiro atoms. The molecule has 1 amide bonds. The van der Waals surface area contributed by atoms with Crippen LogP contribution in [-0.4, -0.2) is 30.5 Å². The van der Waals surface area contributed by atoms with Crippen molar-refractivity contribution < 1.29 is 28.6 Å². The SMILES string of the molecule is CCOc1ccc(N2C(=O)C(=O)/C(=C(\O)c3ccc(OC)cc3C)C2c2ccco2)cc1. The lowest BCUT2D eigenvalue weighted by molar-refractivity contribution is -0.132. The normalized spacial score (nSPS) is 17.6. The van der Waals surface area contributed by atoms with Crippen LogP contribution < -0.4 is 14.4 Å². The van der Waals surface area contributed by atoms with Crippen molar-refractivity contribution in [2.24, 2.45) is 0 Å². The lowest BCUT2D eigenvalue weighted by Gasteiger charge is -2.23. The highest BCUT2D eigenvalue weighted by Gasteiger charge is 2.48. The molecule has 0 aliphatic carbocycles. The van der Waals surface area contributed by atoms with E-state index in [0.29, 0.717) is 40.7 Å². The highest BCUT2D eigenvalue weighted by Crippen LogP contribution is 2.43. The predicted molar refractivity (Wildman–Crippen MR) is 119 cm³/mol. The van der Waals surface area contributed by atoms with Crippen molar-refractivity contribution in [3.8, 4) is 11.5 Å². The van der Waals surface area contributed by atoms with Crippen LogP contribution in [0.5, 0.6) is 11.5 Å². The lowest BCUT2D eigenvalue weighted by Crippen LogP contribution is -2.29. The molecule has 164 valence electrons. The minimum Gasteiger partial charge on any atom is -0.507 e. The van der Waals surface area contributed by atoms with Crippen LogP contribution >= 0.6 is 0 Å². The molecule has 1 aliphatic heterocycles. The van der Waals surface area contributed by atoms with Crippen LogP contribution in [-0.2, 0) is 9.59 Å². The summed E-state index contributed by atoms with van der Waals surface area (Å²) in [6, 6.07) is 14.4. The zero-order chi connectivity index (χ0) is 22.8. The molecule has 0 radical (unpaired) electrons. The van der Waals surface area contributed by atoms with Crippen LogP contribution in [0.1, 0.15) is 29.9 Å². The van der Waals surface area contributed by atoms with Crippen LogP contribution in [0.25, 0.3) is 5.76 Å². The van der Waals surface area contributed by atoms with E-state index in [1.54, 1.807) is 68.6 Å². The van der Waals surface area contributed by atoms with Gasteiger partial charge >= 0.3 is 0 Å². The number of ketones is 1. The molecule has 0 saturated carbocycles. The van der Waals surface area contributed by atoms with Crippen LogP contribution in [0, 0.1) is 6.92 Å². The predicted octanol–water partition coefficient (Wildman–Crippen LogP) is 4.62. The van der Waals surface area contributed by atoms with E-state index in [1.807, 2.05) is 6.92 Å². The molecule has 3 aromatic rings. The number of hydrogen-bond acceptors (Lipinski definition) is 6. The molecule has 7 nitrogen and oxygen atoms in total. The summed E-state index contributed by atoms with van der Waals surface area (Å²) in [7, 11) is 1.55. The summed E-state index contributed by atoms with van der Waals surface area (Å²) < 4.78 is 16.3. The zero-order valence-electron chi connectivity index (χ0n) is 18.0. The third kappa shape index (κ3) is 3.62. The van der Waals surface area contributed by atoms with Crippen LogP contribution in [0.15, 0.2) is 70.9 Å². The zero-order valence-corrected chi connectivity index (χ0v) is 18.0. The van der Waals surface area contributed by atoms with E-state index in [1.165, 1.54) is 11.2 Å². The van der Waals surface area contributed by atoms with Gasteiger partial charge in [0.2, 0.25) is 0 Å². The van der Waals surface area contributed by atoms with Gasteiger partial charge < -0.3 is 19.0 Å². The molecule has 0 bridgehead atoms. The molecule has 1 N–H and O–H groups in total. The Kier molecular flexibility index (Phi) is 5.73. The molecular formula is C25H23NO6. The molecular weight excluding hydrogens is 410 g/mol. The number of benzene rings is 2. The summed E-state index contributed by atoms with van der Waals surface area (Å²) in [4.78, 5) is 27.5. The summed E-state index contributed by atoms with van der Waals surface area (Å²) in [6.45, 7) is 4.18. The molecule has 1 atom stereocenters. The van der Waals surface area contributed by atoms with Crippen molar-refractivity contribution in [1.82, 2.24) is 0 Å². The average molecular weight is 433 g/mol. The van der Waals surface area contributed by atoms with E-state index in [-0.39, 0.29) is 11.3 Å². The Labute approximate surface area is 185 Å². The average Bonchev–Trinajstić information content (AvgIpc) is 3.41. The van der Waals surface area contributed by atoms with Gasteiger partial charge in [-0.3, -0.25) is 14.5 Å². The first-order chi connectivity index (χ1) is 15.5. The van der Waals surface area contributed by atoms with E-state index in [0.717, 1.165) is 0 Å². The number of aryl methyl sites for hydroxylation is 1. The Hall–Kier alpha value is -4.00. The Morgan fingerprint density at radius 2 is 1.81 bits per heavy atom. The number of carbonyl (C=O) groups is 2. The number of ether oxygens (including phenoxy) is 2. The largest absolute Gasteiger partial charge is 0.507 e. The fourth-order valence-electron chi connectivity index (χ4n) is 3.86. The standard InChI is InChI=1S/C25H23NO6/c1-4-31-17-9-7-16(8-10-17)26-22(20-6-5-13-32-20)21(24(28)25(26)29)23(27)19-12-11-18(30-3)14-15(19)2/h5-14,22,27H,4H2,1-3H3/b23-21-. The fourth-order valence-corrected chi connectivity index (χ4v) is 3.86. The molecule has 1 unspecified atom stereocenters. The maximum absolute atomic E-state index is 13.1. The van der Waals surface area contributed by atoms with Gasteiger partial charge in [-0.1, -0.05) is 0 Å². The molecule has 2 heterocycles. The number of hydrogen-bond donors (Lipinski definition) is 1. The number of Topliss-reactive ketones (excluding diaryl/α,β-unsaturated/α-hetero) is 1. The number of nitrogens with zero attached hydrogens (tertiary/aromatic N) is 1. The number of methoxy groups -OCH3 is 1. The number of aliphatic hydroxyl groups excluding tert-OH is 1. The van der Waals surface area contributed by atoms with Gasteiger partial charge in [-0.15, -0.1) is 0 Å². The van der Waals surface area contributed by atoms with Gasteiger partial charge in [-0.05, 0) is 74.0 Å². The van der Waals surface area contributed by atoms with E-state index >= 15 is 0 Å². The lowest BCUT2D eigenvalue weighted by atomic mass is 9.97. The first-order valence-electron chi connectivity index (χ1n) is 10.2. The molecule has 1 saturated heterocycles. The number of anilines is 1. The molecule has 1 aromatic heterocycles. The highest BCUT2D eigenvalue weighted by atomic mass is 16.5. The fraction of sp³-hybridized carbons (Fsp3) is 0.200. The van der Waals surface area contributed by atoms with Gasteiger partial charge in [-0.2, -0.15) is 0 Å². The maximum atomic E-state index is 13.1. The number of amides is 1. The number of aliphatic hydroxyl groups is 1. The number of carbonyl (C=O) groups excluding carboxylic acids is 2.